The lowest BCUT2D eigenvalue weighted by molar-refractivity contribution is 0.244. The normalized spacial score (nSPS) is 28.9. The predicted octanol–water partition coefficient (Wildman–Crippen LogP) is 1.98. The highest BCUT2D eigenvalue weighted by atomic mass is 32.2. The Hall–Kier alpha value is -0.0900. The van der Waals surface area contributed by atoms with Crippen LogP contribution in [0.25, 0.3) is 0 Å². The van der Waals surface area contributed by atoms with Crippen LogP contribution in [-0.2, 0) is 9.84 Å². The first-order chi connectivity index (χ1) is 7.42. The smallest absolute Gasteiger partial charge is 0.148 e. The van der Waals surface area contributed by atoms with Gasteiger partial charge < -0.3 is 5.32 Å². The molecule has 0 amide bonds. The number of rotatable bonds is 5. The zero-order valence-corrected chi connectivity index (χ0v) is 11.5. The second-order valence-corrected chi connectivity index (χ2v) is 7.40. The van der Waals surface area contributed by atoms with Crippen LogP contribution >= 0.6 is 0 Å². The largest absolute Gasteiger partial charge is 0.310 e. The molecule has 0 bridgehead atoms. The van der Waals surface area contributed by atoms with Crippen LogP contribution in [0.1, 0.15) is 46.0 Å². The van der Waals surface area contributed by atoms with Crippen molar-refractivity contribution in [1.29, 1.82) is 0 Å². The molecule has 0 aromatic heterocycles. The highest BCUT2D eigenvalue weighted by molar-refractivity contribution is 7.90. The van der Waals surface area contributed by atoms with E-state index in [1.165, 1.54) is 38.4 Å². The molecule has 0 spiro atoms. The minimum Gasteiger partial charge on any atom is -0.310 e. The Morgan fingerprint density at radius 3 is 2.50 bits per heavy atom. The van der Waals surface area contributed by atoms with Crippen LogP contribution in [0.4, 0.5) is 0 Å². The Balaban J connectivity index is 2.45. The Bertz CT molecular complexity index is 300. The van der Waals surface area contributed by atoms with Crippen LogP contribution in [0.3, 0.4) is 0 Å². The number of hydrogen-bond donors (Lipinski definition) is 1. The van der Waals surface area contributed by atoms with Gasteiger partial charge in [-0.1, -0.05) is 26.2 Å². The van der Waals surface area contributed by atoms with E-state index in [-0.39, 0.29) is 11.8 Å². The summed E-state index contributed by atoms with van der Waals surface area (Å²) in [4.78, 5) is 0. The molecule has 1 N–H and O–H groups in total. The summed E-state index contributed by atoms with van der Waals surface area (Å²) in [5.41, 5.74) is 0. The van der Waals surface area contributed by atoms with Crippen LogP contribution in [0.2, 0.25) is 0 Å². The second-order valence-electron chi connectivity index (χ2n) is 5.22. The first kappa shape index (κ1) is 14.0. The van der Waals surface area contributed by atoms with E-state index in [1.54, 1.807) is 0 Å². The second kappa shape index (κ2) is 6.01. The first-order valence-electron chi connectivity index (χ1n) is 6.36. The Kier molecular flexibility index (Phi) is 5.25. The van der Waals surface area contributed by atoms with Crippen molar-refractivity contribution in [3.8, 4) is 0 Å². The molecule has 96 valence electrons. The van der Waals surface area contributed by atoms with Crippen molar-refractivity contribution < 1.29 is 8.42 Å². The quantitative estimate of drug-likeness (QED) is 0.808. The third-order valence-electron chi connectivity index (χ3n) is 3.48. The standard InChI is InChI=1S/C12H25NO2S/c1-4-11-7-5-6-8-12(11)13-10(2)9-16(3,14)15/h10-13H,4-9H2,1-3H3. The van der Waals surface area contributed by atoms with Crippen LogP contribution in [0.15, 0.2) is 0 Å². The summed E-state index contributed by atoms with van der Waals surface area (Å²) in [5, 5.41) is 3.50. The van der Waals surface area contributed by atoms with Crippen molar-refractivity contribution >= 4 is 9.84 Å². The van der Waals surface area contributed by atoms with Crippen molar-refractivity contribution in [3.63, 3.8) is 0 Å². The molecule has 0 radical (unpaired) electrons. The summed E-state index contributed by atoms with van der Waals surface area (Å²) in [6.07, 6.45) is 7.61. The lowest BCUT2D eigenvalue weighted by atomic mass is 9.82. The molecule has 4 heteroatoms. The van der Waals surface area contributed by atoms with Crippen LogP contribution in [0.5, 0.6) is 0 Å². The lowest BCUT2D eigenvalue weighted by Gasteiger charge is -2.33. The van der Waals surface area contributed by atoms with Crippen molar-refractivity contribution in [1.82, 2.24) is 5.32 Å². The third kappa shape index (κ3) is 4.83. The number of sulfone groups is 1. The topological polar surface area (TPSA) is 46.2 Å². The molecule has 0 heterocycles. The molecule has 3 nitrogen and oxygen atoms in total. The average molecular weight is 247 g/mol. The van der Waals surface area contributed by atoms with E-state index < -0.39 is 9.84 Å². The Labute approximate surface area is 99.9 Å². The summed E-state index contributed by atoms with van der Waals surface area (Å²) < 4.78 is 22.4. The molecule has 16 heavy (non-hydrogen) atoms. The molecule has 0 aromatic rings. The molecular weight excluding hydrogens is 222 g/mol. The molecule has 1 fully saturated rings. The summed E-state index contributed by atoms with van der Waals surface area (Å²) in [6.45, 7) is 4.20. The molecular formula is C12H25NO2S. The Morgan fingerprint density at radius 1 is 1.31 bits per heavy atom. The van der Waals surface area contributed by atoms with E-state index in [0.29, 0.717) is 6.04 Å². The van der Waals surface area contributed by atoms with Gasteiger partial charge >= 0.3 is 0 Å². The Morgan fingerprint density at radius 2 is 1.94 bits per heavy atom. The van der Waals surface area contributed by atoms with E-state index in [1.807, 2.05) is 6.92 Å². The molecule has 3 atom stereocenters. The van der Waals surface area contributed by atoms with Gasteiger partial charge in [0.1, 0.15) is 9.84 Å². The van der Waals surface area contributed by atoms with Crippen molar-refractivity contribution in [2.75, 3.05) is 12.0 Å². The number of nitrogens with one attached hydrogen (secondary N) is 1. The zero-order chi connectivity index (χ0) is 12.2. The van der Waals surface area contributed by atoms with E-state index in [4.69, 9.17) is 0 Å². The maximum atomic E-state index is 11.2. The highest BCUT2D eigenvalue weighted by Crippen LogP contribution is 2.27. The van der Waals surface area contributed by atoms with Crippen molar-refractivity contribution in [2.45, 2.75) is 58.0 Å². The van der Waals surface area contributed by atoms with Gasteiger partial charge in [-0.25, -0.2) is 8.42 Å². The summed E-state index contributed by atoms with van der Waals surface area (Å²) in [6, 6.07) is 0.600. The fourth-order valence-corrected chi connectivity index (χ4v) is 3.79. The monoisotopic (exact) mass is 247 g/mol. The van der Waals surface area contributed by atoms with Gasteiger partial charge in [0.2, 0.25) is 0 Å². The molecule has 0 saturated heterocycles. The van der Waals surface area contributed by atoms with Gasteiger partial charge in [0, 0.05) is 18.3 Å². The first-order valence-corrected chi connectivity index (χ1v) is 8.42. The summed E-state index contributed by atoms with van der Waals surface area (Å²) in [7, 11) is -2.86. The minimum absolute atomic E-state index is 0.0761. The molecule has 1 saturated carbocycles. The van der Waals surface area contributed by atoms with E-state index in [9.17, 15) is 8.42 Å². The molecule has 0 aromatic carbocycles. The molecule has 1 aliphatic carbocycles. The van der Waals surface area contributed by atoms with Gasteiger partial charge in [-0.15, -0.1) is 0 Å². The maximum absolute atomic E-state index is 11.2. The van der Waals surface area contributed by atoms with Gasteiger partial charge in [-0.05, 0) is 25.7 Å². The van der Waals surface area contributed by atoms with Gasteiger partial charge in [0.25, 0.3) is 0 Å². The molecule has 1 aliphatic rings. The zero-order valence-electron chi connectivity index (χ0n) is 10.7. The summed E-state index contributed by atoms with van der Waals surface area (Å²) >= 11 is 0. The maximum Gasteiger partial charge on any atom is 0.148 e. The van der Waals surface area contributed by atoms with E-state index in [0.717, 1.165) is 5.92 Å². The highest BCUT2D eigenvalue weighted by Gasteiger charge is 2.25. The van der Waals surface area contributed by atoms with Crippen LogP contribution < -0.4 is 5.32 Å². The SMILES string of the molecule is CCC1CCCCC1NC(C)CS(C)(=O)=O. The number of hydrogen-bond acceptors (Lipinski definition) is 3. The van der Waals surface area contributed by atoms with Gasteiger partial charge in [-0.3, -0.25) is 0 Å². The van der Waals surface area contributed by atoms with Crippen molar-refractivity contribution in [3.05, 3.63) is 0 Å². The molecule has 0 aliphatic heterocycles. The van der Waals surface area contributed by atoms with Gasteiger partial charge in [0.05, 0.1) is 5.75 Å². The van der Waals surface area contributed by atoms with E-state index >= 15 is 0 Å². The van der Waals surface area contributed by atoms with Crippen LogP contribution in [-0.4, -0.2) is 32.5 Å². The minimum atomic E-state index is -2.86. The molecule has 3 unspecified atom stereocenters. The van der Waals surface area contributed by atoms with Crippen LogP contribution in [0, 0.1) is 5.92 Å². The van der Waals surface area contributed by atoms with Gasteiger partial charge in [-0.2, -0.15) is 0 Å². The predicted molar refractivity (Wildman–Crippen MR) is 68.3 cm³/mol. The average Bonchev–Trinajstić information content (AvgIpc) is 2.15. The molecule has 1 rings (SSSR count). The third-order valence-corrected chi connectivity index (χ3v) is 4.59. The fourth-order valence-electron chi connectivity index (χ4n) is 2.78. The van der Waals surface area contributed by atoms with E-state index in [2.05, 4.69) is 12.2 Å². The summed E-state index contributed by atoms with van der Waals surface area (Å²) in [5.74, 6) is 0.982. The van der Waals surface area contributed by atoms with Gasteiger partial charge in [0.15, 0.2) is 0 Å². The fraction of sp³-hybridized carbons (Fsp3) is 1.00. The van der Waals surface area contributed by atoms with Crippen molar-refractivity contribution in [2.24, 2.45) is 5.92 Å². The lowest BCUT2D eigenvalue weighted by Crippen LogP contribution is -2.45.